The van der Waals surface area contributed by atoms with E-state index < -0.39 is 0 Å². The minimum absolute atomic E-state index is 0.825. The molecule has 0 radical (unpaired) electrons. The number of hydrogen-bond acceptors (Lipinski definition) is 2. The van der Waals surface area contributed by atoms with Crippen LogP contribution < -0.4 is 0 Å². The predicted molar refractivity (Wildman–Crippen MR) is 102 cm³/mol. The highest BCUT2D eigenvalue weighted by molar-refractivity contribution is 5.67. The van der Waals surface area contributed by atoms with Gasteiger partial charge in [-0.05, 0) is 17.7 Å². The number of rotatable bonds is 4. The summed E-state index contributed by atoms with van der Waals surface area (Å²) in [6.45, 7) is 3.82. The molecule has 0 saturated heterocycles. The van der Waals surface area contributed by atoms with E-state index in [2.05, 4.69) is 33.5 Å². The number of aromatic nitrogens is 3. The van der Waals surface area contributed by atoms with Gasteiger partial charge in [-0.15, -0.1) is 10.2 Å². The predicted octanol–water partition coefficient (Wildman–Crippen LogP) is 5.24. The maximum absolute atomic E-state index is 4.47. The minimum atomic E-state index is 0.825. The van der Waals surface area contributed by atoms with Gasteiger partial charge in [-0.3, -0.25) is 4.57 Å². The average Bonchev–Trinajstić information content (AvgIpc) is 3.14. The first kappa shape index (κ1) is 15.1. The summed E-state index contributed by atoms with van der Waals surface area (Å²) < 4.78 is 2.09. The lowest BCUT2D eigenvalue weighted by molar-refractivity contribution is 1.07. The fourth-order valence-electron chi connectivity index (χ4n) is 2.84. The van der Waals surface area contributed by atoms with Crippen LogP contribution in [0.3, 0.4) is 0 Å². The van der Waals surface area contributed by atoms with E-state index in [9.17, 15) is 0 Å². The second-order valence-electron chi connectivity index (χ2n) is 5.71. The summed E-state index contributed by atoms with van der Waals surface area (Å²) in [7, 11) is 0. The molecule has 4 aromatic rings. The highest BCUT2D eigenvalue weighted by Gasteiger charge is 2.16. The molecule has 25 heavy (non-hydrogen) atoms. The summed E-state index contributed by atoms with van der Waals surface area (Å²) in [6, 6.07) is 28.5. The second kappa shape index (κ2) is 6.57. The normalized spacial score (nSPS) is 10.6. The molecule has 1 aromatic heterocycles. The number of hydrogen-bond donors (Lipinski definition) is 0. The molecule has 0 atom stereocenters. The second-order valence-corrected chi connectivity index (χ2v) is 5.71. The molecule has 0 aliphatic rings. The third-order valence-electron chi connectivity index (χ3n) is 4.11. The zero-order valence-electron chi connectivity index (χ0n) is 13.7. The monoisotopic (exact) mass is 323 g/mol. The summed E-state index contributed by atoms with van der Waals surface area (Å²) in [5.74, 6) is 1.65. The lowest BCUT2D eigenvalue weighted by Gasteiger charge is -2.11. The molecule has 3 heteroatoms. The lowest BCUT2D eigenvalue weighted by atomic mass is 10.1. The first-order valence-corrected chi connectivity index (χ1v) is 8.16. The first-order valence-electron chi connectivity index (χ1n) is 8.16. The highest BCUT2D eigenvalue weighted by atomic mass is 15.3. The Hall–Kier alpha value is -3.46. The van der Waals surface area contributed by atoms with Gasteiger partial charge in [-0.1, -0.05) is 85.5 Å². The van der Waals surface area contributed by atoms with Crippen LogP contribution >= 0.6 is 0 Å². The molecule has 0 N–H and O–H groups in total. The number of benzene rings is 3. The van der Waals surface area contributed by atoms with Gasteiger partial charge in [-0.2, -0.15) is 0 Å². The van der Waals surface area contributed by atoms with Crippen molar-refractivity contribution in [1.82, 2.24) is 14.8 Å². The van der Waals surface area contributed by atoms with Crippen molar-refractivity contribution >= 4 is 6.08 Å². The Morgan fingerprint density at radius 3 is 1.56 bits per heavy atom. The Morgan fingerprint density at radius 2 is 1.12 bits per heavy atom. The van der Waals surface area contributed by atoms with Gasteiger partial charge in [-0.25, -0.2) is 0 Å². The summed E-state index contributed by atoms with van der Waals surface area (Å²) >= 11 is 0. The van der Waals surface area contributed by atoms with Crippen molar-refractivity contribution in [3.05, 3.63) is 97.1 Å². The van der Waals surface area contributed by atoms with Gasteiger partial charge in [0.1, 0.15) is 0 Å². The van der Waals surface area contributed by atoms with Crippen molar-refractivity contribution in [3.8, 4) is 28.5 Å². The van der Waals surface area contributed by atoms with Crippen LogP contribution in [0.4, 0.5) is 0 Å². The van der Waals surface area contributed by atoms with Gasteiger partial charge in [0.15, 0.2) is 11.6 Å². The van der Waals surface area contributed by atoms with Crippen LogP contribution in [0.2, 0.25) is 0 Å². The van der Waals surface area contributed by atoms with Crippen molar-refractivity contribution in [2.45, 2.75) is 0 Å². The third kappa shape index (κ3) is 2.88. The van der Waals surface area contributed by atoms with Gasteiger partial charge < -0.3 is 0 Å². The van der Waals surface area contributed by atoms with Crippen LogP contribution in [-0.4, -0.2) is 14.8 Å². The zero-order chi connectivity index (χ0) is 17.1. The molecule has 0 unspecified atom stereocenters. The van der Waals surface area contributed by atoms with Crippen molar-refractivity contribution in [2.75, 3.05) is 0 Å². The topological polar surface area (TPSA) is 30.7 Å². The Morgan fingerprint density at radius 1 is 0.640 bits per heavy atom. The molecular weight excluding hydrogens is 306 g/mol. The van der Waals surface area contributed by atoms with Crippen LogP contribution in [-0.2, 0) is 0 Å². The van der Waals surface area contributed by atoms with E-state index in [-0.39, 0.29) is 0 Å². The van der Waals surface area contributed by atoms with E-state index in [0.717, 1.165) is 34.0 Å². The van der Waals surface area contributed by atoms with Crippen LogP contribution in [0.25, 0.3) is 34.5 Å². The molecule has 4 rings (SSSR count). The third-order valence-corrected chi connectivity index (χ3v) is 4.11. The van der Waals surface area contributed by atoms with Crippen LogP contribution in [0.1, 0.15) is 5.56 Å². The molecule has 0 aliphatic carbocycles. The van der Waals surface area contributed by atoms with Gasteiger partial charge in [0.2, 0.25) is 0 Å². The zero-order valence-corrected chi connectivity index (χ0v) is 13.7. The largest absolute Gasteiger partial charge is 0.275 e. The van der Waals surface area contributed by atoms with Gasteiger partial charge in [0.25, 0.3) is 0 Å². The molecule has 3 aromatic carbocycles. The van der Waals surface area contributed by atoms with Crippen LogP contribution in [0.15, 0.2) is 91.5 Å². The van der Waals surface area contributed by atoms with E-state index in [1.807, 2.05) is 78.9 Å². The molecule has 0 aliphatic heterocycles. The SMILES string of the molecule is C=Cc1ccc(-n2c(-c3ccccc3)nnc2-c2ccccc2)cc1. The van der Waals surface area contributed by atoms with Gasteiger partial charge in [0.05, 0.1) is 0 Å². The molecular formula is C22H17N3. The molecule has 0 saturated carbocycles. The highest BCUT2D eigenvalue weighted by Crippen LogP contribution is 2.28. The van der Waals surface area contributed by atoms with E-state index in [1.165, 1.54) is 0 Å². The Labute approximate surface area is 146 Å². The molecule has 1 heterocycles. The van der Waals surface area contributed by atoms with Crippen molar-refractivity contribution < 1.29 is 0 Å². The minimum Gasteiger partial charge on any atom is -0.275 e. The summed E-state index contributed by atoms with van der Waals surface area (Å²) in [5, 5.41) is 8.95. The van der Waals surface area contributed by atoms with Crippen molar-refractivity contribution in [2.24, 2.45) is 0 Å². The fourth-order valence-corrected chi connectivity index (χ4v) is 2.84. The van der Waals surface area contributed by atoms with E-state index in [0.29, 0.717) is 0 Å². The maximum atomic E-state index is 4.47. The quantitative estimate of drug-likeness (QED) is 0.514. The summed E-state index contributed by atoms with van der Waals surface area (Å²) in [5.41, 5.74) is 4.17. The molecule has 0 fully saturated rings. The molecule has 120 valence electrons. The summed E-state index contributed by atoms with van der Waals surface area (Å²) in [4.78, 5) is 0. The molecule has 0 bridgehead atoms. The number of nitrogens with zero attached hydrogens (tertiary/aromatic N) is 3. The van der Waals surface area contributed by atoms with Crippen LogP contribution in [0.5, 0.6) is 0 Å². The Bertz CT molecular complexity index is 928. The first-order chi connectivity index (χ1) is 12.4. The Kier molecular flexibility index (Phi) is 3.97. The standard InChI is InChI=1S/C22H17N3/c1-2-17-13-15-20(16-14-17)25-21(18-9-5-3-6-10-18)23-24-22(25)19-11-7-4-8-12-19/h2-16H,1H2. The summed E-state index contributed by atoms with van der Waals surface area (Å²) in [6.07, 6.45) is 1.84. The van der Waals surface area contributed by atoms with Gasteiger partial charge >= 0.3 is 0 Å². The fraction of sp³-hybridized carbons (Fsp3) is 0. The smallest absolute Gasteiger partial charge is 0.168 e. The molecule has 0 amide bonds. The van der Waals surface area contributed by atoms with Crippen molar-refractivity contribution in [1.29, 1.82) is 0 Å². The maximum Gasteiger partial charge on any atom is 0.168 e. The van der Waals surface area contributed by atoms with E-state index in [4.69, 9.17) is 0 Å². The van der Waals surface area contributed by atoms with Crippen molar-refractivity contribution in [3.63, 3.8) is 0 Å². The molecule has 0 spiro atoms. The van der Waals surface area contributed by atoms with E-state index in [1.54, 1.807) is 0 Å². The Balaban J connectivity index is 1.94. The lowest BCUT2D eigenvalue weighted by Crippen LogP contribution is -2.00. The average molecular weight is 323 g/mol. The molecule has 3 nitrogen and oxygen atoms in total. The van der Waals surface area contributed by atoms with Crippen LogP contribution in [0, 0.1) is 0 Å². The van der Waals surface area contributed by atoms with E-state index >= 15 is 0 Å². The van der Waals surface area contributed by atoms with Gasteiger partial charge in [0, 0.05) is 16.8 Å².